The predicted molar refractivity (Wildman–Crippen MR) is 41.7 cm³/mol. The van der Waals surface area contributed by atoms with E-state index in [1.807, 2.05) is 13.8 Å². The summed E-state index contributed by atoms with van der Waals surface area (Å²) in [5, 5.41) is 8.65. The third kappa shape index (κ3) is 5.72. The second-order valence-electron chi connectivity index (χ2n) is 1.88. The Bertz CT molecular complexity index is 91.6. The monoisotopic (exact) mass is 147 g/mol. The van der Waals surface area contributed by atoms with Crippen LogP contribution < -0.4 is 5.73 Å². The van der Waals surface area contributed by atoms with E-state index in [1.165, 1.54) is 13.8 Å². The molecule has 0 aliphatic carbocycles. The lowest BCUT2D eigenvalue weighted by atomic mass is 10.1. The number of aliphatic hydroxyl groups is 1. The number of hydrogen-bond donors (Lipinski definition) is 2. The molecule has 0 radical (unpaired) electrons. The molecule has 0 aromatic heterocycles. The fourth-order valence-corrected chi connectivity index (χ4v) is 0.340. The van der Waals surface area contributed by atoms with Crippen molar-refractivity contribution in [2.45, 2.75) is 39.8 Å². The van der Waals surface area contributed by atoms with Gasteiger partial charge in [0.1, 0.15) is 5.78 Å². The molecular formula is C7H17NO2. The first-order chi connectivity index (χ1) is 4.55. The number of Topliss-reactive ketones (excluding diaryl/α,β-unsaturated/α-hetero) is 1. The van der Waals surface area contributed by atoms with Crippen molar-refractivity contribution in [3.05, 3.63) is 0 Å². The largest absolute Gasteiger partial charge is 0.391 e. The van der Waals surface area contributed by atoms with Gasteiger partial charge in [-0.05, 0) is 13.8 Å². The van der Waals surface area contributed by atoms with E-state index in [4.69, 9.17) is 10.8 Å². The molecule has 0 saturated carbocycles. The third-order valence-electron chi connectivity index (χ3n) is 0.989. The van der Waals surface area contributed by atoms with Gasteiger partial charge in [0, 0.05) is 0 Å². The molecule has 0 rings (SSSR count). The Morgan fingerprint density at radius 2 is 1.80 bits per heavy atom. The molecule has 0 aliphatic heterocycles. The van der Waals surface area contributed by atoms with Crippen LogP contribution in [0.1, 0.15) is 27.7 Å². The minimum Gasteiger partial charge on any atom is -0.391 e. The van der Waals surface area contributed by atoms with Crippen LogP contribution in [-0.2, 0) is 4.79 Å². The zero-order valence-corrected chi connectivity index (χ0v) is 7.09. The summed E-state index contributed by atoms with van der Waals surface area (Å²) in [5.41, 5.74) is 5.16. The normalized spacial score (nSPS) is 14.6. The number of aliphatic hydroxyl groups excluding tert-OH is 1. The van der Waals surface area contributed by atoms with E-state index in [1.54, 1.807) is 0 Å². The molecule has 0 aromatic rings. The summed E-state index contributed by atoms with van der Waals surface area (Å²) in [5.74, 6) is -0.181. The van der Waals surface area contributed by atoms with Crippen LogP contribution in [0.2, 0.25) is 0 Å². The van der Waals surface area contributed by atoms with Gasteiger partial charge in [0.25, 0.3) is 0 Å². The molecule has 0 spiro atoms. The smallest absolute Gasteiger partial charge is 0.149 e. The zero-order valence-electron chi connectivity index (χ0n) is 7.09. The Morgan fingerprint density at radius 3 is 1.80 bits per heavy atom. The Morgan fingerprint density at radius 1 is 1.50 bits per heavy atom. The molecule has 3 N–H and O–H groups in total. The van der Waals surface area contributed by atoms with Gasteiger partial charge in [-0.1, -0.05) is 13.8 Å². The maximum atomic E-state index is 10.3. The molecule has 2 atom stereocenters. The summed E-state index contributed by atoms with van der Waals surface area (Å²) < 4.78 is 0. The van der Waals surface area contributed by atoms with E-state index >= 15 is 0 Å². The van der Waals surface area contributed by atoms with E-state index in [9.17, 15) is 4.79 Å². The lowest BCUT2D eigenvalue weighted by molar-refractivity contribution is -0.120. The molecule has 0 aliphatic rings. The van der Waals surface area contributed by atoms with Crippen LogP contribution in [0.15, 0.2) is 0 Å². The molecule has 0 aromatic carbocycles. The quantitative estimate of drug-likeness (QED) is 0.591. The highest BCUT2D eigenvalue weighted by atomic mass is 16.3. The lowest BCUT2D eigenvalue weighted by Crippen LogP contribution is -2.38. The second kappa shape index (κ2) is 6.71. The van der Waals surface area contributed by atoms with Gasteiger partial charge in [0.2, 0.25) is 0 Å². The summed E-state index contributed by atoms with van der Waals surface area (Å²) in [7, 11) is 0. The number of ketones is 1. The van der Waals surface area contributed by atoms with E-state index < -0.39 is 12.1 Å². The second-order valence-corrected chi connectivity index (χ2v) is 1.88. The van der Waals surface area contributed by atoms with Crippen molar-refractivity contribution in [3.63, 3.8) is 0 Å². The van der Waals surface area contributed by atoms with Gasteiger partial charge in [-0.25, -0.2) is 0 Å². The fraction of sp³-hybridized carbons (Fsp3) is 0.857. The minimum absolute atomic E-state index is 0.181. The topological polar surface area (TPSA) is 63.3 Å². The standard InChI is InChI=1S/C5H11NO2.C2H6/c1-3(7)5(6)4(2)8;1-2/h3,5,7H,6H2,1-2H3;1-2H3/t3-,5?;/m0./s1. The third-order valence-corrected chi connectivity index (χ3v) is 0.989. The highest BCUT2D eigenvalue weighted by Gasteiger charge is 2.12. The van der Waals surface area contributed by atoms with Crippen LogP contribution >= 0.6 is 0 Å². The maximum Gasteiger partial charge on any atom is 0.149 e. The molecule has 3 heteroatoms. The maximum absolute atomic E-state index is 10.3. The summed E-state index contributed by atoms with van der Waals surface area (Å²) in [6, 6.07) is -0.713. The van der Waals surface area contributed by atoms with Gasteiger partial charge < -0.3 is 10.8 Å². The van der Waals surface area contributed by atoms with Gasteiger partial charge in [-0.2, -0.15) is 0 Å². The summed E-state index contributed by atoms with van der Waals surface area (Å²) in [6.45, 7) is 6.85. The minimum atomic E-state index is -0.729. The van der Waals surface area contributed by atoms with Crippen molar-refractivity contribution in [3.8, 4) is 0 Å². The van der Waals surface area contributed by atoms with Crippen molar-refractivity contribution < 1.29 is 9.90 Å². The van der Waals surface area contributed by atoms with E-state index in [2.05, 4.69) is 0 Å². The lowest BCUT2D eigenvalue weighted by Gasteiger charge is -2.08. The SMILES string of the molecule is CC.CC(=O)C(N)[C@H](C)O. The molecule has 0 heterocycles. The predicted octanol–water partition coefficient (Wildman–Crippen LogP) is 0.310. The Hall–Kier alpha value is -0.410. The number of hydrogen-bond acceptors (Lipinski definition) is 3. The summed E-state index contributed by atoms with van der Waals surface area (Å²) in [4.78, 5) is 10.3. The molecular weight excluding hydrogens is 130 g/mol. The van der Waals surface area contributed by atoms with Crippen molar-refractivity contribution in [1.82, 2.24) is 0 Å². The van der Waals surface area contributed by atoms with Gasteiger partial charge >= 0.3 is 0 Å². The molecule has 3 nitrogen and oxygen atoms in total. The van der Waals surface area contributed by atoms with Gasteiger partial charge in [-0.15, -0.1) is 0 Å². The highest BCUT2D eigenvalue weighted by molar-refractivity contribution is 5.81. The zero-order chi connectivity index (χ0) is 8.73. The van der Waals surface area contributed by atoms with Crippen LogP contribution in [-0.4, -0.2) is 23.0 Å². The van der Waals surface area contributed by atoms with Crippen LogP contribution in [0, 0.1) is 0 Å². The van der Waals surface area contributed by atoms with Gasteiger partial charge in [-0.3, -0.25) is 4.79 Å². The van der Waals surface area contributed by atoms with Crippen molar-refractivity contribution in [2.75, 3.05) is 0 Å². The van der Waals surface area contributed by atoms with Crippen LogP contribution in [0.4, 0.5) is 0 Å². The van der Waals surface area contributed by atoms with Crippen molar-refractivity contribution in [1.29, 1.82) is 0 Å². The Kier molecular flexibility index (Phi) is 8.24. The van der Waals surface area contributed by atoms with E-state index in [-0.39, 0.29) is 5.78 Å². The first kappa shape index (κ1) is 12.3. The molecule has 0 saturated heterocycles. The average molecular weight is 147 g/mol. The van der Waals surface area contributed by atoms with E-state index in [0.717, 1.165) is 0 Å². The first-order valence-corrected chi connectivity index (χ1v) is 3.50. The molecule has 10 heavy (non-hydrogen) atoms. The molecule has 0 bridgehead atoms. The number of carbonyl (C=O) groups excluding carboxylic acids is 1. The van der Waals surface area contributed by atoms with Gasteiger partial charge in [0.05, 0.1) is 12.1 Å². The molecule has 1 unspecified atom stereocenters. The van der Waals surface area contributed by atoms with Crippen LogP contribution in [0.3, 0.4) is 0 Å². The number of rotatable bonds is 2. The van der Waals surface area contributed by atoms with Crippen LogP contribution in [0.25, 0.3) is 0 Å². The molecule has 62 valence electrons. The van der Waals surface area contributed by atoms with Crippen molar-refractivity contribution in [2.24, 2.45) is 5.73 Å². The molecule has 0 fully saturated rings. The first-order valence-electron chi connectivity index (χ1n) is 3.50. The number of carbonyl (C=O) groups is 1. The Balaban J connectivity index is 0. The summed E-state index contributed by atoms with van der Waals surface area (Å²) >= 11 is 0. The molecule has 0 amide bonds. The summed E-state index contributed by atoms with van der Waals surface area (Å²) in [6.07, 6.45) is -0.729. The average Bonchev–Trinajstić information content (AvgIpc) is 1.90. The fourth-order valence-electron chi connectivity index (χ4n) is 0.340. The Labute approximate surface area is 62.2 Å². The van der Waals surface area contributed by atoms with Crippen LogP contribution in [0.5, 0.6) is 0 Å². The number of nitrogens with two attached hydrogens (primary N) is 1. The van der Waals surface area contributed by atoms with Gasteiger partial charge in [0.15, 0.2) is 0 Å². The van der Waals surface area contributed by atoms with E-state index in [0.29, 0.717) is 0 Å². The van der Waals surface area contributed by atoms with Crippen molar-refractivity contribution >= 4 is 5.78 Å². The highest BCUT2D eigenvalue weighted by Crippen LogP contribution is 1.87.